The molecule has 1 N–H and O–H groups in total. The van der Waals surface area contributed by atoms with E-state index in [1.165, 1.54) is 19.3 Å². The number of fused-ring (bicyclic) bond motifs is 1. The van der Waals surface area contributed by atoms with Gasteiger partial charge in [-0.25, -0.2) is 9.97 Å². The van der Waals surface area contributed by atoms with Crippen LogP contribution in [0.25, 0.3) is 10.2 Å². The minimum atomic E-state index is 0.624. The Morgan fingerprint density at radius 2 is 2.05 bits per heavy atom. The first kappa shape index (κ1) is 14.7. The second kappa shape index (κ2) is 6.28. The Morgan fingerprint density at radius 1 is 1.29 bits per heavy atom. The number of nitrogens with zero attached hydrogens (tertiary/aromatic N) is 3. The van der Waals surface area contributed by atoms with Crippen LogP contribution in [0.1, 0.15) is 45.9 Å². The lowest BCUT2D eigenvalue weighted by Crippen LogP contribution is -2.43. The van der Waals surface area contributed by atoms with Gasteiger partial charge in [-0.2, -0.15) is 0 Å². The zero-order chi connectivity index (χ0) is 14.8. The molecule has 0 radical (unpaired) electrons. The number of likely N-dealkylation sites (tertiary alicyclic amines) is 1. The van der Waals surface area contributed by atoms with Crippen molar-refractivity contribution in [2.75, 3.05) is 11.9 Å². The van der Waals surface area contributed by atoms with Gasteiger partial charge in [0.1, 0.15) is 16.5 Å². The molecule has 1 aliphatic rings. The van der Waals surface area contributed by atoms with Crippen molar-refractivity contribution in [3.63, 3.8) is 0 Å². The van der Waals surface area contributed by atoms with Crippen molar-refractivity contribution in [2.45, 2.75) is 58.7 Å². The smallest absolute Gasteiger partial charge is 0.146 e. The maximum atomic E-state index is 4.77. The summed E-state index contributed by atoms with van der Waals surface area (Å²) in [6.45, 7) is 8.50. The summed E-state index contributed by atoms with van der Waals surface area (Å²) in [4.78, 5) is 13.2. The summed E-state index contributed by atoms with van der Waals surface area (Å²) in [7, 11) is 0. The van der Waals surface area contributed by atoms with E-state index in [0.717, 1.165) is 34.9 Å². The molecule has 114 valence electrons. The maximum Gasteiger partial charge on any atom is 0.146 e. The van der Waals surface area contributed by atoms with Gasteiger partial charge in [-0.15, -0.1) is 11.3 Å². The van der Waals surface area contributed by atoms with Crippen molar-refractivity contribution in [1.29, 1.82) is 0 Å². The molecule has 1 aliphatic heterocycles. The van der Waals surface area contributed by atoms with Crippen molar-refractivity contribution in [3.8, 4) is 0 Å². The predicted octanol–water partition coefficient (Wildman–Crippen LogP) is 3.89. The highest BCUT2D eigenvalue weighted by Gasteiger charge is 2.25. The Balaban J connectivity index is 1.89. The topological polar surface area (TPSA) is 41.1 Å². The molecule has 2 aromatic heterocycles. The molecule has 0 aromatic carbocycles. The molecule has 2 atom stereocenters. The first-order valence-electron chi connectivity index (χ1n) is 7.92. The minimum absolute atomic E-state index is 0.624. The molecule has 3 heterocycles. The van der Waals surface area contributed by atoms with Crippen LogP contribution >= 0.6 is 11.3 Å². The fraction of sp³-hybridized carbons (Fsp3) is 0.625. The van der Waals surface area contributed by atoms with Gasteiger partial charge in [0.2, 0.25) is 0 Å². The molecule has 0 saturated carbocycles. The Bertz CT molecular complexity index is 599. The van der Waals surface area contributed by atoms with Crippen LogP contribution in [-0.2, 0) is 6.54 Å². The largest absolute Gasteiger partial charge is 0.370 e. The predicted molar refractivity (Wildman–Crippen MR) is 89.9 cm³/mol. The van der Waals surface area contributed by atoms with Crippen LogP contribution in [0.15, 0.2) is 11.4 Å². The molecule has 1 saturated heterocycles. The number of hydrogen-bond donors (Lipinski definition) is 1. The molecule has 0 bridgehead atoms. The molecule has 3 rings (SSSR count). The third kappa shape index (κ3) is 3.04. The standard InChI is InChI=1S/C16H24N4S/c1-4-17-15-13-8-9-21-16(13)19-14(18-15)10-20-11(2)6-5-7-12(20)3/h8-9,11-12H,4-7,10H2,1-3H3,(H,17,18,19). The number of rotatable bonds is 4. The number of thiophene rings is 1. The van der Waals surface area contributed by atoms with Gasteiger partial charge in [0.05, 0.1) is 11.9 Å². The average molecular weight is 304 g/mol. The van der Waals surface area contributed by atoms with Gasteiger partial charge in [-0.05, 0) is 45.1 Å². The summed E-state index contributed by atoms with van der Waals surface area (Å²) < 4.78 is 0. The molecule has 5 heteroatoms. The van der Waals surface area contributed by atoms with E-state index in [-0.39, 0.29) is 0 Å². The van der Waals surface area contributed by atoms with E-state index in [9.17, 15) is 0 Å². The van der Waals surface area contributed by atoms with Crippen molar-refractivity contribution in [3.05, 3.63) is 17.3 Å². The quantitative estimate of drug-likeness (QED) is 0.930. The Labute approximate surface area is 130 Å². The monoisotopic (exact) mass is 304 g/mol. The summed E-state index contributed by atoms with van der Waals surface area (Å²) in [5, 5.41) is 6.61. The molecule has 0 amide bonds. The lowest BCUT2D eigenvalue weighted by Gasteiger charge is -2.38. The molecular weight excluding hydrogens is 280 g/mol. The number of aromatic nitrogens is 2. The zero-order valence-electron chi connectivity index (χ0n) is 13.1. The van der Waals surface area contributed by atoms with Crippen molar-refractivity contribution in [2.24, 2.45) is 0 Å². The second-order valence-corrected chi connectivity index (χ2v) is 6.85. The Kier molecular flexibility index (Phi) is 4.40. The van der Waals surface area contributed by atoms with Crippen LogP contribution < -0.4 is 5.32 Å². The summed E-state index contributed by atoms with van der Waals surface area (Å²) in [6, 6.07) is 3.35. The van der Waals surface area contributed by atoms with Crippen molar-refractivity contribution < 1.29 is 0 Å². The molecule has 4 nitrogen and oxygen atoms in total. The van der Waals surface area contributed by atoms with Crippen LogP contribution in [0.3, 0.4) is 0 Å². The number of hydrogen-bond acceptors (Lipinski definition) is 5. The van der Waals surface area contributed by atoms with Gasteiger partial charge in [-0.3, -0.25) is 4.90 Å². The van der Waals surface area contributed by atoms with E-state index in [1.807, 2.05) is 0 Å². The van der Waals surface area contributed by atoms with Gasteiger partial charge >= 0.3 is 0 Å². The molecule has 1 fully saturated rings. The summed E-state index contributed by atoms with van der Waals surface area (Å²) in [5.41, 5.74) is 0. The molecule has 2 unspecified atom stereocenters. The molecule has 0 spiro atoms. The zero-order valence-corrected chi connectivity index (χ0v) is 13.9. The van der Waals surface area contributed by atoms with E-state index in [1.54, 1.807) is 11.3 Å². The van der Waals surface area contributed by atoms with Gasteiger partial charge in [0.15, 0.2) is 0 Å². The van der Waals surface area contributed by atoms with E-state index in [0.29, 0.717) is 12.1 Å². The first-order valence-corrected chi connectivity index (χ1v) is 8.80. The van der Waals surface area contributed by atoms with Crippen LogP contribution in [0.5, 0.6) is 0 Å². The third-order valence-corrected chi connectivity index (χ3v) is 5.22. The van der Waals surface area contributed by atoms with Crippen LogP contribution in [0.2, 0.25) is 0 Å². The van der Waals surface area contributed by atoms with Gasteiger partial charge in [0, 0.05) is 18.6 Å². The highest BCUT2D eigenvalue weighted by molar-refractivity contribution is 7.16. The summed E-state index contributed by atoms with van der Waals surface area (Å²) in [6.07, 6.45) is 3.91. The lowest BCUT2D eigenvalue weighted by molar-refractivity contribution is 0.0924. The van der Waals surface area contributed by atoms with E-state index in [2.05, 4.69) is 42.4 Å². The maximum absolute atomic E-state index is 4.77. The third-order valence-electron chi connectivity index (χ3n) is 4.42. The minimum Gasteiger partial charge on any atom is -0.370 e. The molecule has 2 aromatic rings. The molecular formula is C16H24N4S. The number of anilines is 1. The van der Waals surface area contributed by atoms with E-state index >= 15 is 0 Å². The molecule has 0 aliphatic carbocycles. The van der Waals surface area contributed by atoms with E-state index < -0.39 is 0 Å². The van der Waals surface area contributed by atoms with Crippen LogP contribution in [0.4, 0.5) is 5.82 Å². The van der Waals surface area contributed by atoms with Gasteiger partial charge < -0.3 is 5.32 Å². The number of nitrogens with one attached hydrogen (secondary N) is 1. The fourth-order valence-electron chi connectivity index (χ4n) is 3.22. The highest BCUT2D eigenvalue weighted by Crippen LogP contribution is 2.27. The fourth-order valence-corrected chi connectivity index (χ4v) is 4.00. The second-order valence-electron chi connectivity index (χ2n) is 5.96. The Hall–Kier alpha value is -1.20. The van der Waals surface area contributed by atoms with Gasteiger partial charge in [-0.1, -0.05) is 6.42 Å². The SMILES string of the molecule is CCNc1nc(CN2C(C)CCCC2C)nc2sccc12. The van der Waals surface area contributed by atoms with E-state index in [4.69, 9.17) is 9.97 Å². The lowest BCUT2D eigenvalue weighted by atomic mass is 9.97. The highest BCUT2D eigenvalue weighted by atomic mass is 32.1. The van der Waals surface area contributed by atoms with Crippen molar-refractivity contribution >= 4 is 27.4 Å². The normalized spacial score (nSPS) is 23.6. The summed E-state index contributed by atoms with van der Waals surface area (Å²) >= 11 is 1.70. The van der Waals surface area contributed by atoms with Gasteiger partial charge in [0.25, 0.3) is 0 Å². The molecule has 21 heavy (non-hydrogen) atoms. The van der Waals surface area contributed by atoms with Crippen molar-refractivity contribution in [1.82, 2.24) is 14.9 Å². The average Bonchev–Trinajstić information content (AvgIpc) is 2.92. The first-order chi connectivity index (χ1) is 10.2. The van der Waals surface area contributed by atoms with Crippen LogP contribution in [0, 0.1) is 0 Å². The summed E-state index contributed by atoms with van der Waals surface area (Å²) in [5.74, 6) is 1.93. The Morgan fingerprint density at radius 3 is 2.76 bits per heavy atom. The van der Waals surface area contributed by atoms with Crippen LogP contribution in [-0.4, -0.2) is 33.5 Å². The number of piperidine rings is 1.